The zero-order valence-corrected chi connectivity index (χ0v) is 13.6. The van der Waals surface area contributed by atoms with Crippen molar-refractivity contribution in [1.82, 2.24) is 0 Å². The van der Waals surface area contributed by atoms with Crippen LogP contribution in [0.25, 0.3) is 0 Å². The Balaban J connectivity index is 3.02. The third kappa shape index (κ3) is 4.11. The molecule has 4 heteroatoms. The van der Waals surface area contributed by atoms with E-state index < -0.39 is 11.3 Å². The summed E-state index contributed by atoms with van der Waals surface area (Å²) in [7, 11) is 0. The van der Waals surface area contributed by atoms with Gasteiger partial charge in [-0.1, -0.05) is 27.2 Å². The lowest BCUT2D eigenvalue weighted by Crippen LogP contribution is -2.32. The van der Waals surface area contributed by atoms with Crippen LogP contribution in [-0.4, -0.2) is 11.7 Å². The Morgan fingerprint density at radius 2 is 2.00 bits per heavy atom. The molecule has 0 fully saturated rings. The molecule has 0 aliphatic rings. The average molecular weight is 302 g/mol. The van der Waals surface area contributed by atoms with Crippen LogP contribution < -0.4 is 0 Å². The second-order valence-corrected chi connectivity index (χ2v) is 6.69. The van der Waals surface area contributed by atoms with Gasteiger partial charge in [-0.3, -0.25) is 4.79 Å². The highest BCUT2D eigenvalue weighted by Crippen LogP contribution is 2.43. The van der Waals surface area contributed by atoms with Crippen LogP contribution in [0.1, 0.15) is 75.0 Å². The smallest absolute Gasteiger partial charge is 0.249 e. The molecule has 114 valence electrons. The standard InChI is InChI=1S/C16H24F2OS/c1-5-7-9-16(17,18)11-15(4,6-2)14-13(12(3)19)8-10-20-14/h8,10H,5-7,9,11H2,1-4H3. The van der Waals surface area contributed by atoms with Crippen LogP contribution >= 0.6 is 11.3 Å². The number of ketones is 1. The summed E-state index contributed by atoms with van der Waals surface area (Å²) < 4.78 is 28.3. The molecular weight excluding hydrogens is 278 g/mol. The largest absolute Gasteiger partial charge is 0.294 e. The molecule has 0 bridgehead atoms. The van der Waals surface area contributed by atoms with Crippen molar-refractivity contribution in [2.75, 3.05) is 0 Å². The highest BCUT2D eigenvalue weighted by Gasteiger charge is 2.40. The predicted octanol–water partition coefficient (Wildman–Crippen LogP) is 5.83. The van der Waals surface area contributed by atoms with Crippen LogP contribution in [0.5, 0.6) is 0 Å². The summed E-state index contributed by atoms with van der Waals surface area (Å²) >= 11 is 1.42. The Labute approximate surface area is 124 Å². The van der Waals surface area contributed by atoms with Gasteiger partial charge in [0.25, 0.3) is 0 Å². The number of alkyl halides is 2. The SMILES string of the molecule is CCCCC(F)(F)CC(C)(CC)c1sccc1C(C)=O. The number of thiophene rings is 1. The maximum atomic E-state index is 14.1. The van der Waals surface area contributed by atoms with Gasteiger partial charge in [0.05, 0.1) is 0 Å². The van der Waals surface area contributed by atoms with Crippen molar-refractivity contribution in [3.05, 3.63) is 21.9 Å². The number of hydrogen-bond donors (Lipinski definition) is 0. The van der Waals surface area contributed by atoms with Crippen LogP contribution in [0.4, 0.5) is 8.78 Å². The summed E-state index contributed by atoms with van der Waals surface area (Å²) in [6.07, 6.45) is 1.67. The molecule has 1 atom stereocenters. The predicted molar refractivity (Wildman–Crippen MR) is 81.1 cm³/mol. The van der Waals surface area contributed by atoms with Gasteiger partial charge < -0.3 is 0 Å². The molecule has 1 aromatic rings. The van der Waals surface area contributed by atoms with E-state index in [0.29, 0.717) is 18.4 Å². The third-order valence-corrected chi connectivity index (χ3v) is 5.14. The van der Waals surface area contributed by atoms with Crippen molar-refractivity contribution in [3.63, 3.8) is 0 Å². The van der Waals surface area contributed by atoms with Gasteiger partial charge in [0, 0.05) is 28.7 Å². The molecule has 1 nitrogen and oxygen atoms in total. The molecule has 0 amide bonds. The lowest BCUT2D eigenvalue weighted by molar-refractivity contribution is -0.0371. The molecule has 0 saturated heterocycles. The molecule has 0 radical (unpaired) electrons. The Bertz CT molecular complexity index is 453. The molecule has 0 spiro atoms. The monoisotopic (exact) mass is 302 g/mol. The number of unbranched alkanes of at least 4 members (excludes halogenated alkanes) is 1. The topological polar surface area (TPSA) is 17.1 Å². The minimum atomic E-state index is -2.67. The van der Waals surface area contributed by atoms with Crippen molar-refractivity contribution in [3.8, 4) is 0 Å². The first kappa shape index (κ1) is 17.3. The summed E-state index contributed by atoms with van der Waals surface area (Å²) in [5.41, 5.74) is -0.0301. The van der Waals surface area contributed by atoms with Gasteiger partial charge in [-0.2, -0.15) is 0 Å². The highest BCUT2D eigenvalue weighted by molar-refractivity contribution is 7.10. The summed E-state index contributed by atoms with van der Waals surface area (Å²) in [6.45, 7) is 7.18. The molecule has 1 aromatic heterocycles. The fraction of sp³-hybridized carbons (Fsp3) is 0.688. The number of carbonyl (C=O) groups is 1. The van der Waals surface area contributed by atoms with Gasteiger partial charge >= 0.3 is 0 Å². The van der Waals surface area contributed by atoms with Crippen molar-refractivity contribution >= 4 is 17.1 Å². The van der Waals surface area contributed by atoms with Crippen LogP contribution in [0.2, 0.25) is 0 Å². The van der Waals surface area contributed by atoms with Gasteiger partial charge in [-0.25, -0.2) is 8.78 Å². The van der Waals surface area contributed by atoms with E-state index in [1.165, 1.54) is 18.3 Å². The van der Waals surface area contributed by atoms with E-state index in [1.54, 1.807) is 6.07 Å². The fourth-order valence-corrected chi connectivity index (χ4v) is 3.69. The Morgan fingerprint density at radius 1 is 1.35 bits per heavy atom. The van der Waals surface area contributed by atoms with Gasteiger partial charge in [0.2, 0.25) is 5.92 Å². The lowest BCUT2D eigenvalue weighted by Gasteiger charge is -2.32. The van der Waals surface area contributed by atoms with Crippen LogP contribution in [-0.2, 0) is 5.41 Å². The second-order valence-electron chi connectivity index (χ2n) is 5.77. The van der Waals surface area contributed by atoms with Gasteiger partial charge in [-0.05, 0) is 31.2 Å². The molecule has 0 N–H and O–H groups in total. The summed E-state index contributed by atoms with van der Waals surface area (Å²) in [5, 5.41) is 1.82. The van der Waals surface area contributed by atoms with E-state index in [2.05, 4.69) is 0 Å². The van der Waals surface area contributed by atoms with Gasteiger partial charge in [0.1, 0.15) is 0 Å². The summed E-state index contributed by atoms with van der Waals surface area (Å²) in [4.78, 5) is 12.5. The van der Waals surface area contributed by atoms with E-state index in [4.69, 9.17) is 0 Å². The Kier molecular flexibility index (Phi) is 5.87. The van der Waals surface area contributed by atoms with Crippen molar-refractivity contribution in [2.45, 2.75) is 71.1 Å². The van der Waals surface area contributed by atoms with Crippen LogP contribution in [0, 0.1) is 0 Å². The Morgan fingerprint density at radius 3 is 2.50 bits per heavy atom. The number of hydrogen-bond acceptors (Lipinski definition) is 2. The minimum absolute atomic E-state index is 0.0437. The van der Waals surface area contributed by atoms with Crippen molar-refractivity contribution in [2.24, 2.45) is 0 Å². The second kappa shape index (κ2) is 6.79. The van der Waals surface area contributed by atoms with Crippen molar-refractivity contribution in [1.29, 1.82) is 0 Å². The first-order chi connectivity index (χ1) is 9.25. The van der Waals surface area contributed by atoms with E-state index in [-0.39, 0.29) is 18.6 Å². The number of halogens is 2. The minimum Gasteiger partial charge on any atom is -0.294 e. The van der Waals surface area contributed by atoms with Crippen LogP contribution in [0.15, 0.2) is 11.4 Å². The first-order valence-corrected chi connectivity index (χ1v) is 8.10. The highest BCUT2D eigenvalue weighted by atomic mass is 32.1. The average Bonchev–Trinajstić information content (AvgIpc) is 2.86. The quantitative estimate of drug-likeness (QED) is 0.552. The lowest BCUT2D eigenvalue weighted by atomic mass is 9.77. The number of carbonyl (C=O) groups excluding carboxylic acids is 1. The normalized spacial score (nSPS) is 15.1. The molecule has 0 aromatic carbocycles. The molecule has 0 saturated carbocycles. The maximum absolute atomic E-state index is 14.1. The fourth-order valence-electron chi connectivity index (χ4n) is 2.51. The van der Waals surface area contributed by atoms with E-state index in [0.717, 1.165) is 11.3 Å². The van der Waals surface area contributed by atoms with Gasteiger partial charge in [-0.15, -0.1) is 11.3 Å². The zero-order valence-electron chi connectivity index (χ0n) is 12.8. The Hall–Kier alpha value is -0.770. The first-order valence-electron chi connectivity index (χ1n) is 7.22. The number of Topliss-reactive ketones (excluding diaryl/α,β-unsaturated/α-hetero) is 1. The molecule has 1 heterocycles. The summed E-state index contributed by atoms with van der Waals surface area (Å²) in [6, 6.07) is 1.75. The molecular formula is C16H24F2OS. The number of rotatable bonds is 8. The molecule has 0 aliphatic carbocycles. The maximum Gasteiger partial charge on any atom is 0.249 e. The molecule has 1 rings (SSSR count). The molecule has 1 unspecified atom stereocenters. The van der Waals surface area contributed by atoms with E-state index >= 15 is 0 Å². The summed E-state index contributed by atoms with van der Waals surface area (Å²) in [5.74, 6) is -2.71. The van der Waals surface area contributed by atoms with E-state index in [9.17, 15) is 13.6 Å². The molecule has 0 aliphatic heterocycles. The zero-order chi connectivity index (χ0) is 15.4. The van der Waals surface area contributed by atoms with Crippen molar-refractivity contribution < 1.29 is 13.6 Å². The van der Waals surface area contributed by atoms with E-state index in [1.807, 2.05) is 26.2 Å². The van der Waals surface area contributed by atoms with Gasteiger partial charge in [0.15, 0.2) is 5.78 Å². The molecule has 20 heavy (non-hydrogen) atoms. The van der Waals surface area contributed by atoms with Crippen LogP contribution in [0.3, 0.4) is 0 Å². The third-order valence-electron chi connectivity index (χ3n) is 3.92.